The van der Waals surface area contributed by atoms with E-state index >= 15 is 0 Å². The van der Waals surface area contributed by atoms with Crippen molar-refractivity contribution in [1.29, 1.82) is 0 Å². The molecule has 0 heterocycles. The van der Waals surface area contributed by atoms with E-state index in [4.69, 9.17) is 20.9 Å². The lowest BCUT2D eigenvalue weighted by Gasteiger charge is -2.16. The summed E-state index contributed by atoms with van der Waals surface area (Å²) < 4.78 is 11.3. The summed E-state index contributed by atoms with van der Waals surface area (Å²) in [5, 5.41) is 0. The zero-order chi connectivity index (χ0) is 16.5. The molecule has 4 nitrogen and oxygen atoms in total. The highest BCUT2D eigenvalue weighted by Gasteiger charge is 2.11. The molecule has 0 radical (unpaired) electrons. The predicted molar refractivity (Wildman–Crippen MR) is 93.6 cm³/mol. The van der Waals surface area contributed by atoms with Gasteiger partial charge in [0.05, 0.1) is 7.11 Å². The van der Waals surface area contributed by atoms with Crippen molar-refractivity contribution < 1.29 is 9.47 Å². The summed E-state index contributed by atoms with van der Waals surface area (Å²) in [7, 11) is 1.64. The fraction of sp³-hybridized carbons (Fsp3) is 0.368. The van der Waals surface area contributed by atoms with Gasteiger partial charge in [0, 0.05) is 6.04 Å². The van der Waals surface area contributed by atoms with Gasteiger partial charge in [-0.05, 0) is 42.6 Å². The standard InChI is InChI=1S/C19H26N2O2/c1-22-18-11-10-16(17(21)9-5-6-12-20)13-19(18)23-14-15-7-3-2-4-8-15/h2-4,7-8,10-11,13,17H,5-6,9,12,14,20-21H2,1H3/t17-/m0/s1. The van der Waals surface area contributed by atoms with Gasteiger partial charge in [0.15, 0.2) is 11.5 Å². The maximum Gasteiger partial charge on any atom is 0.161 e. The lowest BCUT2D eigenvalue weighted by molar-refractivity contribution is 0.284. The maximum atomic E-state index is 6.27. The third-order valence-corrected chi connectivity index (χ3v) is 3.82. The SMILES string of the molecule is COc1ccc([C@@H](N)CCCCN)cc1OCc1ccccc1. The van der Waals surface area contributed by atoms with E-state index in [1.807, 2.05) is 48.5 Å². The van der Waals surface area contributed by atoms with E-state index in [0.717, 1.165) is 41.9 Å². The lowest BCUT2D eigenvalue weighted by atomic mass is 10.0. The van der Waals surface area contributed by atoms with Gasteiger partial charge < -0.3 is 20.9 Å². The van der Waals surface area contributed by atoms with Crippen molar-refractivity contribution in [3.05, 3.63) is 59.7 Å². The number of methoxy groups -OCH3 is 1. The molecular formula is C19H26N2O2. The summed E-state index contributed by atoms with van der Waals surface area (Å²) in [6.45, 7) is 1.21. The minimum atomic E-state index is -0.00784. The number of hydrogen-bond acceptors (Lipinski definition) is 4. The average Bonchev–Trinajstić information content (AvgIpc) is 2.60. The van der Waals surface area contributed by atoms with Gasteiger partial charge in [-0.15, -0.1) is 0 Å². The number of ether oxygens (including phenoxy) is 2. The number of nitrogens with two attached hydrogens (primary N) is 2. The average molecular weight is 314 g/mol. The van der Waals surface area contributed by atoms with Crippen LogP contribution < -0.4 is 20.9 Å². The minimum absolute atomic E-state index is 0.00784. The van der Waals surface area contributed by atoms with Gasteiger partial charge in [-0.25, -0.2) is 0 Å². The monoisotopic (exact) mass is 314 g/mol. The molecule has 4 heteroatoms. The summed E-state index contributed by atoms with van der Waals surface area (Å²) in [4.78, 5) is 0. The molecule has 0 aromatic heterocycles. The first-order valence-corrected chi connectivity index (χ1v) is 8.05. The molecule has 0 aliphatic heterocycles. The second kappa shape index (κ2) is 9.18. The second-order valence-electron chi connectivity index (χ2n) is 5.58. The van der Waals surface area contributed by atoms with Crippen LogP contribution in [-0.4, -0.2) is 13.7 Å². The molecule has 0 unspecified atom stereocenters. The highest BCUT2D eigenvalue weighted by molar-refractivity contribution is 5.44. The van der Waals surface area contributed by atoms with Gasteiger partial charge in [0.1, 0.15) is 6.61 Å². The van der Waals surface area contributed by atoms with Crippen LogP contribution in [0.1, 0.15) is 36.4 Å². The van der Waals surface area contributed by atoms with Crippen molar-refractivity contribution in [2.45, 2.75) is 31.9 Å². The lowest BCUT2D eigenvalue weighted by Crippen LogP contribution is -2.11. The third kappa shape index (κ3) is 5.27. The molecule has 2 aromatic carbocycles. The van der Waals surface area contributed by atoms with Crippen molar-refractivity contribution in [2.24, 2.45) is 11.5 Å². The molecule has 0 fully saturated rings. The fourth-order valence-corrected chi connectivity index (χ4v) is 2.45. The van der Waals surface area contributed by atoms with Crippen molar-refractivity contribution >= 4 is 0 Å². The van der Waals surface area contributed by atoms with E-state index in [2.05, 4.69) is 0 Å². The molecule has 0 aliphatic rings. The van der Waals surface area contributed by atoms with Gasteiger partial charge in [0.25, 0.3) is 0 Å². The topological polar surface area (TPSA) is 70.5 Å². The van der Waals surface area contributed by atoms with Crippen LogP contribution in [0.4, 0.5) is 0 Å². The van der Waals surface area contributed by atoms with Crippen molar-refractivity contribution in [2.75, 3.05) is 13.7 Å². The fourth-order valence-electron chi connectivity index (χ4n) is 2.45. The summed E-state index contributed by atoms with van der Waals surface area (Å²) in [5.41, 5.74) is 14.0. The zero-order valence-electron chi connectivity index (χ0n) is 13.7. The van der Waals surface area contributed by atoms with Gasteiger partial charge in [-0.3, -0.25) is 0 Å². The van der Waals surface area contributed by atoms with Gasteiger partial charge in [-0.1, -0.05) is 42.8 Å². The molecule has 1 atom stereocenters. The normalized spacial score (nSPS) is 12.0. The highest BCUT2D eigenvalue weighted by atomic mass is 16.5. The van der Waals surface area contributed by atoms with Crippen LogP contribution in [0.3, 0.4) is 0 Å². The van der Waals surface area contributed by atoms with Crippen LogP contribution in [0.5, 0.6) is 11.5 Å². The Hall–Kier alpha value is -2.04. The first-order chi connectivity index (χ1) is 11.2. The number of benzene rings is 2. The Kier molecular flexibility index (Phi) is 6.91. The van der Waals surface area contributed by atoms with Crippen LogP contribution in [0.25, 0.3) is 0 Å². The summed E-state index contributed by atoms with van der Waals surface area (Å²) in [5.74, 6) is 1.45. The van der Waals surface area contributed by atoms with Crippen LogP contribution in [0, 0.1) is 0 Å². The first-order valence-electron chi connectivity index (χ1n) is 8.05. The van der Waals surface area contributed by atoms with Crippen molar-refractivity contribution in [1.82, 2.24) is 0 Å². The molecule has 0 spiro atoms. The van der Waals surface area contributed by atoms with Crippen LogP contribution in [-0.2, 0) is 6.61 Å². The molecule has 2 aromatic rings. The van der Waals surface area contributed by atoms with Crippen LogP contribution >= 0.6 is 0 Å². The smallest absolute Gasteiger partial charge is 0.161 e. The summed E-state index contributed by atoms with van der Waals surface area (Å²) in [6, 6.07) is 16.0. The van der Waals surface area contributed by atoms with Gasteiger partial charge in [0.2, 0.25) is 0 Å². The quantitative estimate of drug-likeness (QED) is 0.696. The second-order valence-corrected chi connectivity index (χ2v) is 5.58. The summed E-state index contributed by atoms with van der Waals surface area (Å²) in [6.07, 6.45) is 2.95. The van der Waals surface area contributed by atoms with Gasteiger partial charge in [-0.2, -0.15) is 0 Å². The van der Waals surface area contributed by atoms with E-state index in [0.29, 0.717) is 13.2 Å². The molecular weight excluding hydrogens is 288 g/mol. The number of hydrogen-bond donors (Lipinski definition) is 2. The van der Waals surface area contributed by atoms with E-state index in [-0.39, 0.29) is 6.04 Å². The van der Waals surface area contributed by atoms with Gasteiger partial charge >= 0.3 is 0 Å². The summed E-state index contributed by atoms with van der Waals surface area (Å²) >= 11 is 0. The Bertz CT molecular complexity index is 587. The van der Waals surface area contributed by atoms with E-state index in [1.54, 1.807) is 7.11 Å². The molecule has 0 aliphatic carbocycles. The first kappa shape index (κ1) is 17.3. The Labute approximate surface area is 138 Å². The zero-order valence-corrected chi connectivity index (χ0v) is 13.7. The van der Waals surface area contributed by atoms with Crippen LogP contribution in [0.15, 0.2) is 48.5 Å². The molecule has 4 N–H and O–H groups in total. The Morgan fingerprint density at radius 2 is 1.78 bits per heavy atom. The molecule has 0 saturated carbocycles. The van der Waals surface area contributed by atoms with E-state index in [1.165, 1.54) is 0 Å². The largest absolute Gasteiger partial charge is 0.493 e. The van der Waals surface area contributed by atoms with Crippen LogP contribution in [0.2, 0.25) is 0 Å². The Morgan fingerprint density at radius 3 is 2.48 bits per heavy atom. The molecule has 0 bridgehead atoms. The molecule has 23 heavy (non-hydrogen) atoms. The minimum Gasteiger partial charge on any atom is -0.493 e. The van der Waals surface area contributed by atoms with Crippen molar-refractivity contribution in [3.63, 3.8) is 0 Å². The van der Waals surface area contributed by atoms with E-state index in [9.17, 15) is 0 Å². The Morgan fingerprint density at radius 1 is 1.00 bits per heavy atom. The molecule has 2 rings (SSSR count). The Balaban J connectivity index is 2.05. The molecule has 0 amide bonds. The number of rotatable bonds is 9. The molecule has 124 valence electrons. The molecule has 0 saturated heterocycles. The third-order valence-electron chi connectivity index (χ3n) is 3.82. The van der Waals surface area contributed by atoms with E-state index < -0.39 is 0 Å². The van der Waals surface area contributed by atoms with Crippen molar-refractivity contribution in [3.8, 4) is 11.5 Å². The highest BCUT2D eigenvalue weighted by Crippen LogP contribution is 2.31. The predicted octanol–water partition coefficient (Wildman–Crippen LogP) is 3.40. The number of unbranched alkanes of at least 4 members (excludes halogenated alkanes) is 1. The maximum absolute atomic E-state index is 6.27.